The van der Waals surface area contributed by atoms with Crippen LogP contribution in [0, 0.1) is 5.41 Å². The quantitative estimate of drug-likeness (QED) is 0.423. The second kappa shape index (κ2) is 2.57. The van der Waals surface area contributed by atoms with E-state index in [-0.39, 0.29) is 5.41 Å². The first-order chi connectivity index (χ1) is 4.69. The number of carbonyl (C=O) groups is 1. The van der Waals surface area contributed by atoms with Crippen molar-refractivity contribution in [1.82, 2.24) is 0 Å². The number of rotatable bonds is 2. The molecule has 0 N–H and O–H groups in total. The highest BCUT2D eigenvalue weighted by Crippen LogP contribution is 2.43. The van der Waals surface area contributed by atoms with Crippen molar-refractivity contribution >= 4 is 6.29 Å². The van der Waals surface area contributed by atoms with Gasteiger partial charge in [0.15, 0.2) is 0 Å². The fourth-order valence-electron chi connectivity index (χ4n) is 1.60. The van der Waals surface area contributed by atoms with E-state index in [9.17, 15) is 4.79 Å². The Morgan fingerprint density at radius 1 is 1.80 bits per heavy atom. The molecule has 1 nitrogen and oxygen atoms in total. The first-order valence-corrected chi connectivity index (χ1v) is 3.81. The number of allylic oxidation sites excluding steroid dienone is 1. The SMILES string of the molecule is C=C1CCCC1(C)CC=O. The van der Waals surface area contributed by atoms with Crippen LogP contribution >= 0.6 is 0 Å². The molecular formula is C9H14O. The van der Waals surface area contributed by atoms with Crippen molar-refractivity contribution in [3.05, 3.63) is 12.2 Å². The fraction of sp³-hybridized carbons (Fsp3) is 0.667. The van der Waals surface area contributed by atoms with Crippen molar-refractivity contribution in [3.63, 3.8) is 0 Å². The summed E-state index contributed by atoms with van der Waals surface area (Å²) in [5.41, 5.74) is 1.40. The number of hydrogen-bond donors (Lipinski definition) is 0. The summed E-state index contributed by atoms with van der Waals surface area (Å²) >= 11 is 0. The zero-order valence-corrected chi connectivity index (χ0v) is 6.52. The molecule has 10 heavy (non-hydrogen) atoms. The third kappa shape index (κ3) is 1.13. The first-order valence-electron chi connectivity index (χ1n) is 3.81. The standard InChI is InChI=1S/C9H14O/c1-8-4-3-5-9(8,2)6-7-10/h7H,1,3-6H2,2H3. The molecule has 0 radical (unpaired) electrons. The van der Waals surface area contributed by atoms with Gasteiger partial charge in [-0.3, -0.25) is 0 Å². The van der Waals surface area contributed by atoms with Crippen molar-refractivity contribution in [2.75, 3.05) is 0 Å². The summed E-state index contributed by atoms with van der Waals surface area (Å²) in [7, 11) is 0. The Kier molecular flexibility index (Phi) is 1.93. The van der Waals surface area contributed by atoms with E-state index in [2.05, 4.69) is 13.5 Å². The molecule has 56 valence electrons. The molecule has 0 bridgehead atoms. The summed E-state index contributed by atoms with van der Waals surface area (Å²) in [6.45, 7) is 6.10. The van der Waals surface area contributed by atoms with Crippen molar-refractivity contribution in [2.24, 2.45) is 5.41 Å². The molecule has 1 atom stereocenters. The molecular weight excluding hydrogens is 124 g/mol. The highest BCUT2D eigenvalue weighted by Gasteiger charge is 2.31. The van der Waals surface area contributed by atoms with Gasteiger partial charge in [0.25, 0.3) is 0 Å². The lowest BCUT2D eigenvalue weighted by atomic mass is 9.83. The Hall–Kier alpha value is -0.590. The van der Waals surface area contributed by atoms with Crippen LogP contribution in [0.5, 0.6) is 0 Å². The van der Waals surface area contributed by atoms with Crippen LogP contribution in [0.1, 0.15) is 32.6 Å². The zero-order chi connectivity index (χ0) is 7.61. The maximum atomic E-state index is 10.3. The zero-order valence-electron chi connectivity index (χ0n) is 6.52. The average molecular weight is 138 g/mol. The van der Waals surface area contributed by atoms with Gasteiger partial charge in [0.05, 0.1) is 0 Å². The highest BCUT2D eigenvalue weighted by molar-refractivity contribution is 5.52. The molecule has 1 unspecified atom stereocenters. The molecule has 0 aliphatic heterocycles. The molecule has 1 aliphatic rings. The Bertz CT molecular complexity index is 160. The van der Waals surface area contributed by atoms with E-state index in [1.165, 1.54) is 12.0 Å². The summed E-state index contributed by atoms with van der Waals surface area (Å²) in [6.07, 6.45) is 5.14. The summed E-state index contributed by atoms with van der Waals surface area (Å²) in [5.74, 6) is 0. The van der Waals surface area contributed by atoms with E-state index in [4.69, 9.17) is 0 Å². The third-order valence-electron chi connectivity index (χ3n) is 2.59. The molecule has 0 aromatic carbocycles. The summed E-state index contributed by atoms with van der Waals surface area (Å²) in [4.78, 5) is 10.3. The smallest absolute Gasteiger partial charge is 0.120 e. The van der Waals surface area contributed by atoms with Crippen LogP contribution < -0.4 is 0 Å². The van der Waals surface area contributed by atoms with Gasteiger partial charge < -0.3 is 4.79 Å². The average Bonchev–Trinajstić information content (AvgIpc) is 2.15. The molecule has 0 aromatic heterocycles. The van der Waals surface area contributed by atoms with E-state index in [0.29, 0.717) is 6.42 Å². The van der Waals surface area contributed by atoms with Crippen molar-refractivity contribution < 1.29 is 4.79 Å². The molecule has 0 spiro atoms. The van der Waals surface area contributed by atoms with E-state index in [0.717, 1.165) is 19.1 Å². The van der Waals surface area contributed by atoms with E-state index < -0.39 is 0 Å². The van der Waals surface area contributed by atoms with Gasteiger partial charge in [0.1, 0.15) is 6.29 Å². The largest absolute Gasteiger partial charge is 0.303 e. The summed E-state index contributed by atoms with van der Waals surface area (Å²) in [5, 5.41) is 0. The van der Waals surface area contributed by atoms with E-state index >= 15 is 0 Å². The summed E-state index contributed by atoms with van der Waals surface area (Å²) < 4.78 is 0. The highest BCUT2D eigenvalue weighted by atomic mass is 16.1. The van der Waals surface area contributed by atoms with Gasteiger partial charge in [-0.05, 0) is 24.7 Å². The topological polar surface area (TPSA) is 17.1 Å². The molecule has 1 saturated carbocycles. The fourth-order valence-corrected chi connectivity index (χ4v) is 1.60. The van der Waals surface area contributed by atoms with Crippen LogP contribution in [0.15, 0.2) is 12.2 Å². The van der Waals surface area contributed by atoms with Crippen molar-refractivity contribution in [3.8, 4) is 0 Å². The van der Waals surface area contributed by atoms with Crippen LogP contribution in [0.3, 0.4) is 0 Å². The predicted molar refractivity (Wildman–Crippen MR) is 41.8 cm³/mol. The minimum Gasteiger partial charge on any atom is -0.303 e. The minimum atomic E-state index is 0.141. The van der Waals surface area contributed by atoms with Gasteiger partial charge in [0.2, 0.25) is 0 Å². The molecule has 0 heterocycles. The van der Waals surface area contributed by atoms with Crippen LogP contribution in [-0.2, 0) is 4.79 Å². The molecule has 1 rings (SSSR count). The third-order valence-corrected chi connectivity index (χ3v) is 2.59. The summed E-state index contributed by atoms with van der Waals surface area (Å²) in [6, 6.07) is 0. The number of carbonyl (C=O) groups excluding carboxylic acids is 1. The molecule has 1 aliphatic carbocycles. The Labute approximate surface area is 62.1 Å². The lowest BCUT2D eigenvalue weighted by Gasteiger charge is -2.21. The Morgan fingerprint density at radius 3 is 2.90 bits per heavy atom. The molecule has 0 aromatic rings. The molecule has 1 fully saturated rings. The van der Waals surface area contributed by atoms with Gasteiger partial charge in [-0.25, -0.2) is 0 Å². The number of aldehydes is 1. The van der Waals surface area contributed by atoms with Gasteiger partial charge in [-0.1, -0.05) is 19.1 Å². The van der Waals surface area contributed by atoms with Gasteiger partial charge in [-0.2, -0.15) is 0 Å². The van der Waals surface area contributed by atoms with E-state index in [1.54, 1.807) is 0 Å². The maximum Gasteiger partial charge on any atom is 0.120 e. The lowest BCUT2D eigenvalue weighted by molar-refractivity contribution is -0.109. The van der Waals surface area contributed by atoms with Crippen LogP contribution in [0.4, 0.5) is 0 Å². The van der Waals surface area contributed by atoms with Crippen LogP contribution in [-0.4, -0.2) is 6.29 Å². The number of hydrogen-bond acceptors (Lipinski definition) is 1. The van der Waals surface area contributed by atoms with Gasteiger partial charge in [-0.15, -0.1) is 0 Å². The van der Waals surface area contributed by atoms with Gasteiger partial charge >= 0.3 is 0 Å². The van der Waals surface area contributed by atoms with Crippen LogP contribution in [0.2, 0.25) is 0 Å². The second-order valence-corrected chi connectivity index (χ2v) is 3.39. The maximum absolute atomic E-state index is 10.3. The van der Waals surface area contributed by atoms with Gasteiger partial charge in [0, 0.05) is 6.42 Å². The van der Waals surface area contributed by atoms with Crippen LogP contribution in [0.25, 0.3) is 0 Å². The molecule has 0 amide bonds. The molecule has 1 heteroatoms. The van der Waals surface area contributed by atoms with E-state index in [1.807, 2.05) is 0 Å². The second-order valence-electron chi connectivity index (χ2n) is 3.39. The molecule has 0 saturated heterocycles. The Balaban J connectivity index is 2.65. The normalized spacial score (nSPS) is 32.7. The minimum absolute atomic E-state index is 0.141. The van der Waals surface area contributed by atoms with Crippen molar-refractivity contribution in [1.29, 1.82) is 0 Å². The Morgan fingerprint density at radius 2 is 2.50 bits per heavy atom. The lowest BCUT2D eigenvalue weighted by Crippen LogP contribution is -2.13. The predicted octanol–water partition coefficient (Wildman–Crippen LogP) is 2.32. The first kappa shape index (κ1) is 7.52. The van der Waals surface area contributed by atoms with Crippen molar-refractivity contribution in [2.45, 2.75) is 32.6 Å². The monoisotopic (exact) mass is 138 g/mol.